The smallest absolute Gasteiger partial charge is 0.244 e. The first-order chi connectivity index (χ1) is 15.6. The monoisotopic (exact) mass is 429 g/mol. The molecule has 6 heteroatoms. The summed E-state index contributed by atoms with van der Waals surface area (Å²) in [7, 11) is 3.27. The topological polar surface area (TPSA) is 65.4 Å². The molecule has 0 spiro atoms. The summed E-state index contributed by atoms with van der Waals surface area (Å²) in [5, 5.41) is 8.88. The van der Waals surface area contributed by atoms with Crippen LogP contribution in [0.1, 0.15) is 18.5 Å². The Morgan fingerprint density at radius 3 is 2.50 bits per heavy atom. The molecule has 0 aliphatic heterocycles. The summed E-state index contributed by atoms with van der Waals surface area (Å²) in [5.41, 5.74) is 3.82. The Kier molecular flexibility index (Phi) is 6.40. The molecule has 32 heavy (non-hydrogen) atoms. The van der Waals surface area contributed by atoms with Crippen molar-refractivity contribution >= 4 is 16.8 Å². The highest BCUT2D eigenvalue weighted by Gasteiger charge is 2.21. The summed E-state index contributed by atoms with van der Waals surface area (Å²) in [6.07, 6.45) is 0.633. The van der Waals surface area contributed by atoms with Crippen LogP contribution in [0.15, 0.2) is 72.8 Å². The van der Waals surface area contributed by atoms with Crippen LogP contribution < -0.4 is 14.8 Å². The molecule has 0 saturated carbocycles. The van der Waals surface area contributed by atoms with E-state index in [1.54, 1.807) is 18.9 Å². The standard InChI is InChI=1S/C26H27N3O3/c1-18(26(30)27-16-15-20-17-21(31-2)13-14-24(20)32-3)29-23-12-8-7-11-22(23)25(28-29)19-9-5-4-6-10-19/h4-14,17-18H,15-16H2,1-3H3,(H,27,30)/t18-/m0/s1. The van der Waals surface area contributed by atoms with Gasteiger partial charge in [0, 0.05) is 17.5 Å². The average molecular weight is 430 g/mol. The van der Waals surface area contributed by atoms with E-state index in [-0.39, 0.29) is 5.91 Å². The Morgan fingerprint density at radius 1 is 1.00 bits per heavy atom. The molecule has 0 fully saturated rings. The minimum Gasteiger partial charge on any atom is -0.497 e. The number of nitrogens with one attached hydrogen (secondary N) is 1. The van der Waals surface area contributed by atoms with Crippen molar-refractivity contribution in [2.75, 3.05) is 20.8 Å². The summed E-state index contributed by atoms with van der Waals surface area (Å²) in [5.74, 6) is 1.45. The molecule has 0 aliphatic rings. The van der Waals surface area contributed by atoms with Crippen LogP contribution in [-0.4, -0.2) is 36.5 Å². The second-order valence-electron chi connectivity index (χ2n) is 7.57. The minimum absolute atomic E-state index is 0.0836. The third-order valence-corrected chi connectivity index (χ3v) is 5.59. The van der Waals surface area contributed by atoms with Gasteiger partial charge in [0.15, 0.2) is 0 Å². The van der Waals surface area contributed by atoms with Crippen LogP contribution in [0.4, 0.5) is 0 Å². The van der Waals surface area contributed by atoms with Gasteiger partial charge in [0.05, 0.1) is 19.7 Å². The molecule has 1 heterocycles. The fraction of sp³-hybridized carbons (Fsp3) is 0.231. The Morgan fingerprint density at radius 2 is 1.75 bits per heavy atom. The van der Waals surface area contributed by atoms with Crippen molar-refractivity contribution in [2.24, 2.45) is 0 Å². The van der Waals surface area contributed by atoms with Crippen molar-refractivity contribution in [1.29, 1.82) is 0 Å². The van der Waals surface area contributed by atoms with Crippen LogP contribution >= 0.6 is 0 Å². The van der Waals surface area contributed by atoms with Crippen molar-refractivity contribution < 1.29 is 14.3 Å². The van der Waals surface area contributed by atoms with Crippen molar-refractivity contribution in [3.8, 4) is 22.8 Å². The summed E-state index contributed by atoms with van der Waals surface area (Å²) >= 11 is 0. The van der Waals surface area contributed by atoms with E-state index < -0.39 is 6.04 Å². The van der Waals surface area contributed by atoms with Gasteiger partial charge >= 0.3 is 0 Å². The van der Waals surface area contributed by atoms with Gasteiger partial charge in [-0.3, -0.25) is 9.48 Å². The maximum atomic E-state index is 13.0. The van der Waals surface area contributed by atoms with Gasteiger partial charge in [-0.1, -0.05) is 48.5 Å². The second-order valence-corrected chi connectivity index (χ2v) is 7.57. The molecule has 1 atom stereocenters. The van der Waals surface area contributed by atoms with Gasteiger partial charge in [0.25, 0.3) is 0 Å². The van der Waals surface area contributed by atoms with Gasteiger partial charge in [-0.2, -0.15) is 5.10 Å². The maximum Gasteiger partial charge on any atom is 0.244 e. The minimum atomic E-state index is -0.454. The van der Waals surface area contributed by atoms with E-state index in [0.717, 1.165) is 39.2 Å². The zero-order valence-electron chi connectivity index (χ0n) is 18.5. The zero-order chi connectivity index (χ0) is 22.5. The number of fused-ring (bicyclic) bond motifs is 1. The van der Waals surface area contributed by atoms with Crippen molar-refractivity contribution in [1.82, 2.24) is 15.1 Å². The molecule has 4 rings (SSSR count). The number of methoxy groups -OCH3 is 2. The van der Waals surface area contributed by atoms with Gasteiger partial charge in [0.1, 0.15) is 23.2 Å². The molecule has 0 saturated heterocycles. The van der Waals surface area contributed by atoms with Crippen LogP contribution in [0.5, 0.6) is 11.5 Å². The largest absolute Gasteiger partial charge is 0.497 e. The maximum absolute atomic E-state index is 13.0. The van der Waals surface area contributed by atoms with Crippen LogP contribution in [0.2, 0.25) is 0 Å². The van der Waals surface area contributed by atoms with E-state index in [1.165, 1.54) is 0 Å². The number of amides is 1. The number of carbonyl (C=O) groups excluding carboxylic acids is 1. The predicted molar refractivity (Wildman–Crippen MR) is 126 cm³/mol. The van der Waals surface area contributed by atoms with Crippen molar-refractivity contribution in [2.45, 2.75) is 19.4 Å². The first kappa shape index (κ1) is 21.4. The van der Waals surface area contributed by atoms with E-state index in [2.05, 4.69) is 5.32 Å². The number of benzene rings is 3. The second kappa shape index (κ2) is 9.56. The normalized spacial score (nSPS) is 11.8. The molecule has 164 valence electrons. The summed E-state index contributed by atoms with van der Waals surface area (Å²) in [6.45, 7) is 2.35. The van der Waals surface area contributed by atoms with E-state index in [4.69, 9.17) is 14.6 Å². The molecule has 4 aromatic rings. The molecular formula is C26H27N3O3. The van der Waals surface area contributed by atoms with Crippen LogP contribution in [-0.2, 0) is 11.2 Å². The van der Waals surface area contributed by atoms with Gasteiger partial charge < -0.3 is 14.8 Å². The van der Waals surface area contributed by atoms with Crippen LogP contribution in [0.3, 0.4) is 0 Å². The van der Waals surface area contributed by atoms with Crippen molar-refractivity contribution in [3.05, 3.63) is 78.4 Å². The molecule has 1 aromatic heterocycles. The van der Waals surface area contributed by atoms with Gasteiger partial charge in [-0.15, -0.1) is 0 Å². The van der Waals surface area contributed by atoms with Gasteiger partial charge in [-0.25, -0.2) is 0 Å². The van der Waals surface area contributed by atoms with Crippen molar-refractivity contribution in [3.63, 3.8) is 0 Å². The van der Waals surface area contributed by atoms with E-state index in [0.29, 0.717) is 13.0 Å². The third kappa shape index (κ3) is 4.30. The fourth-order valence-corrected chi connectivity index (χ4v) is 3.85. The van der Waals surface area contributed by atoms with Gasteiger partial charge in [0.2, 0.25) is 5.91 Å². The molecule has 0 unspecified atom stereocenters. The summed E-state index contributed by atoms with van der Waals surface area (Å²) in [6, 6.07) is 23.2. The highest BCUT2D eigenvalue weighted by Crippen LogP contribution is 2.29. The Hall–Kier alpha value is -3.80. The highest BCUT2D eigenvalue weighted by atomic mass is 16.5. The number of aromatic nitrogens is 2. The Labute approximate surface area is 187 Å². The SMILES string of the molecule is COc1ccc(OC)c(CCNC(=O)[C@H](C)n2nc(-c3ccccc3)c3ccccc32)c1. The molecule has 0 radical (unpaired) electrons. The molecule has 6 nitrogen and oxygen atoms in total. The van der Waals surface area contributed by atoms with Crippen LogP contribution in [0.25, 0.3) is 22.2 Å². The lowest BCUT2D eigenvalue weighted by molar-refractivity contribution is -0.124. The molecule has 0 bridgehead atoms. The fourth-order valence-electron chi connectivity index (χ4n) is 3.85. The van der Waals surface area contributed by atoms with E-state index >= 15 is 0 Å². The average Bonchev–Trinajstić information content (AvgIpc) is 3.23. The number of nitrogens with zero attached hydrogens (tertiary/aromatic N) is 2. The lowest BCUT2D eigenvalue weighted by atomic mass is 10.1. The van der Waals surface area contributed by atoms with E-state index in [1.807, 2.05) is 79.7 Å². The lowest BCUT2D eigenvalue weighted by Gasteiger charge is -2.15. The van der Waals surface area contributed by atoms with Crippen LogP contribution in [0, 0.1) is 0 Å². The Balaban J connectivity index is 1.51. The molecule has 1 amide bonds. The molecular weight excluding hydrogens is 402 g/mol. The lowest BCUT2D eigenvalue weighted by Crippen LogP contribution is -2.33. The van der Waals surface area contributed by atoms with Gasteiger partial charge in [-0.05, 0) is 43.2 Å². The first-order valence-electron chi connectivity index (χ1n) is 10.6. The molecule has 0 aliphatic carbocycles. The number of hydrogen-bond acceptors (Lipinski definition) is 4. The summed E-state index contributed by atoms with van der Waals surface area (Å²) in [4.78, 5) is 13.0. The molecule has 3 aromatic carbocycles. The number of carbonyl (C=O) groups is 1. The number of para-hydroxylation sites is 1. The molecule has 1 N–H and O–H groups in total. The predicted octanol–water partition coefficient (Wildman–Crippen LogP) is 4.64. The first-order valence-corrected chi connectivity index (χ1v) is 10.6. The number of ether oxygens (including phenoxy) is 2. The number of hydrogen-bond donors (Lipinski definition) is 1. The number of rotatable bonds is 8. The Bertz CT molecular complexity index is 1220. The quantitative estimate of drug-likeness (QED) is 0.443. The highest BCUT2D eigenvalue weighted by molar-refractivity contribution is 5.94. The van der Waals surface area contributed by atoms with E-state index in [9.17, 15) is 4.79 Å². The third-order valence-electron chi connectivity index (χ3n) is 5.59. The summed E-state index contributed by atoms with van der Waals surface area (Å²) < 4.78 is 12.5. The zero-order valence-corrected chi connectivity index (χ0v) is 18.5.